The lowest BCUT2D eigenvalue weighted by Crippen LogP contribution is -2.53. The molecule has 19 heavy (non-hydrogen) atoms. The monoisotopic (exact) mass is 265 g/mol. The Bertz CT molecular complexity index is 515. The number of fused-ring (bicyclic) bond motifs is 1. The molecule has 2 aliphatic rings. The summed E-state index contributed by atoms with van der Waals surface area (Å²) in [6.07, 6.45) is 4.39. The second-order valence-corrected chi connectivity index (χ2v) is 5.26. The Morgan fingerprint density at radius 2 is 2.32 bits per heavy atom. The van der Waals surface area contributed by atoms with E-state index in [1.54, 1.807) is 12.4 Å². The highest BCUT2D eigenvalue weighted by atomic mass is 16.4. The zero-order valence-corrected chi connectivity index (χ0v) is 10.2. The first-order valence-electron chi connectivity index (χ1n) is 6.26. The van der Waals surface area contributed by atoms with E-state index in [9.17, 15) is 14.7 Å². The summed E-state index contributed by atoms with van der Waals surface area (Å²) in [5.74, 6) is -2.03. The minimum atomic E-state index is -1.12. The van der Waals surface area contributed by atoms with Crippen LogP contribution in [0, 0.1) is 17.8 Å². The Balaban J connectivity index is 1.77. The molecular weight excluding hydrogens is 250 g/mol. The van der Waals surface area contributed by atoms with Crippen LogP contribution in [-0.2, 0) is 16.1 Å². The van der Waals surface area contributed by atoms with Crippen molar-refractivity contribution in [2.75, 3.05) is 0 Å². The van der Waals surface area contributed by atoms with Gasteiger partial charge in [0, 0.05) is 18.3 Å². The van der Waals surface area contributed by atoms with Crippen LogP contribution in [0.1, 0.15) is 18.7 Å². The van der Waals surface area contributed by atoms with E-state index in [2.05, 4.69) is 15.3 Å². The minimum Gasteiger partial charge on any atom is -0.481 e. The molecule has 1 heterocycles. The van der Waals surface area contributed by atoms with Crippen LogP contribution in [0.4, 0.5) is 0 Å². The number of aliphatic carboxylic acids is 2. The molecule has 7 nitrogen and oxygen atoms in total. The largest absolute Gasteiger partial charge is 0.481 e. The molecule has 0 aliphatic heterocycles. The van der Waals surface area contributed by atoms with E-state index in [1.165, 1.54) is 0 Å². The van der Waals surface area contributed by atoms with Crippen LogP contribution in [0.3, 0.4) is 0 Å². The quantitative estimate of drug-likeness (QED) is 0.598. The van der Waals surface area contributed by atoms with Gasteiger partial charge in [0.05, 0.1) is 12.5 Å². The van der Waals surface area contributed by atoms with E-state index in [1.807, 2.05) is 0 Å². The molecule has 2 aliphatic carbocycles. The lowest BCUT2D eigenvalue weighted by molar-refractivity contribution is -0.147. The number of carboxylic acid groups (broad SMARTS) is 2. The van der Waals surface area contributed by atoms with Crippen molar-refractivity contribution in [2.45, 2.75) is 24.9 Å². The Kier molecular flexibility index (Phi) is 2.60. The van der Waals surface area contributed by atoms with Gasteiger partial charge in [0.2, 0.25) is 0 Å². The molecule has 2 fully saturated rings. The van der Waals surface area contributed by atoms with Crippen LogP contribution >= 0.6 is 0 Å². The molecule has 2 saturated carbocycles. The van der Waals surface area contributed by atoms with Gasteiger partial charge in [-0.25, -0.2) is 4.98 Å². The van der Waals surface area contributed by atoms with Gasteiger partial charge in [-0.05, 0) is 18.8 Å². The summed E-state index contributed by atoms with van der Waals surface area (Å²) in [6, 6.07) is 0. The maximum Gasteiger partial charge on any atom is 0.324 e. The highest BCUT2D eigenvalue weighted by Crippen LogP contribution is 2.62. The fourth-order valence-electron chi connectivity index (χ4n) is 3.47. The molecule has 4 atom stereocenters. The number of nitrogens with zero attached hydrogens (tertiary/aromatic N) is 1. The molecule has 4 N–H and O–H groups in total. The van der Waals surface area contributed by atoms with Crippen LogP contribution in [0.2, 0.25) is 0 Å². The molecule has 4 unspecified atom stereocenters. The predicted molar refractivity (Wildman–Crippen MR) is 63.1 cm³/mol. The maximum absolute atomic E-state index is 11.6. The Hall–Kier alpha value is -1.89. The van der Waals surface area contributed by atoms with Gasteiger partial charge in [0.1, 0.15) is 11.4 Å². The standard InChI is InChI=1S/C12H15N3O4/c16-10(17)8-6-1-2-12(9(6)8,11(18)19)15-5-7-13-3-4-14-7/h3-4,6,8-9,15H,1-2,5H2,(H,13,14)(H,16,17)(H,18,19). The van der Waals surface area contributed by atoms with Gasteiger partial charge in [-0.1, -0.05) is 0 Å². The molecule has 0 radical (unpaired) electrons. The molecular formula is C12H15N3O4. The highest BCUT2D eigenvalue weighted by Gasteiger charge is 2.71. The predicted octanol–water partition coefficient (Wildman–Crippen LogP) is 0.0633. The van der Waals surface area contributed by atoms with E-state index in [0.717, 1.165) is 0 Å². The summed E-state index contributed by atoms with van der Waals surface area (Å²) in [5, 5.41) is 21.6. The summed E-state index contributed by atoms with van der Waals surface area (Å²) < 4.78 is 0. The number of aromatic nitrogens is 2. The summed E-state index contributed by atoms with van der Waals surface area (Å²) >= 11 is 0. The average molecular weight is 265 g/mol. The molecule has 0 amide bonds. The minimum absolute atomic E-state index is 0.00213. The third-order valence-electron chi connectivity index (χ3n) is 4.40. The van der Waals surface area contributed by atoms with Crippen molar-refractivity contribution in [3.05, 3.63) is 18.2 Å². The van der Waals surface area contributed by atoms with E-state index in [-0.39, 0.29) is 11.8 Å². The van der Waals surface area contributed by atoms with Crippen molar-refractivity contribution in [2.24, 2.45) is 17.8 Å². The van der Waals surface area contributed by atoms with Gasteiger partial charge in [0.15, 0.2) is 0 Å². The molecule has 1 aromatic rings. The van der Waals surface area contributed by atoms with Gasteiger partial charge < -0.3 is 15.2 Å². The lowest BCUT2D eigenvalue weighted by atomic mass is 9.90. The number of aromatic amines is 1. The second kappa shape index (κ2) is 4.06. The molecule has 1 aromatic heterocycles. The summed E-state index contributed by atoms with van der Waals surface area (Å²) in [7, 11) is 0. The number of nitrogens with one attached hydrogen (secondary N) is 2. The fourth-order valence-corrected chi connectivity index (χ4v) is 3.47. The van der Waals surface area contributed by atoms with Gasteiger partial charge >= 0.3 is 11.9 Å². The first-order chi connectivity index (χ1) is 9.06. The van der Waals surface area contributed by atoms with Crippen LogP contribution < -0.4 is 5.32 Å². The third kappa shape index (κ3) is 1.73. The zero-order chi connectivity index (χ0) is 13.6. The SMILES string of the molecule is O=C(O)C1C2CCC(NCc3ncc[nH]3)(C(=O)O)C21. The molecule has 102 valence electrons. The van der Waals surface area contributed by atoms with E-state index in [0.29, 0.717) is 25.2 Å². The molecule has 7 heteroatoms. The second-order valence-electron chi connectivity index (χ2n) is 5.26. The zero-order valence-electron chi connectivity index (χ0n) is 10.2. The smallest absolute Gasteiger partial charge is 0.324 e. The van der Waals surface area contributed by atoms with E-state index in [4.69, 9.17) is 5.11 Å². The third-order valence-corrected chi connectivity index (χ3v) is 4.40. The van der Waals surface area contributed by atoms with Crippen molar-refractivity contribution in [3.63, 3.8) is 0 Å². The van der Waals surface area contributed by atoms with Crippen molar-refractivity contribution in [1.29, 1.82) is 0 Å². The van der Waals surface area contributed by atoms with E-state index < -0.39 is 23.4 Å². The highest BCUT2D eigenvalue weighted by molar-refractivity contribution is 5.85. The number of hydrogen-bond acceptors (Lipinski definition) is 4. The van der Waals surface area contributed by atoms with Gasteiger partial charge in [-0.2, -0.15) is 0 Å². The molecule has 0 bridgehead atoms. The number of imidazole rings is 1. The molecule has 0 aromatic carbocycles. The Labute approximate surface area is 109 Å². The van der Waals surface area contributed by atoms with Crippen molar-refractivity contribution < 1.29 is 19.8 Å². The molecule has 3 rings (SSSR count). The number of hydrogen-bond donors (Lipinski definition) is 4. The van der Waals surface area contributed by atoms with Crippen LogP contribution in [0.25, 0.3) is 0 Å². The van der Waals surface area contributed by atoms with Gasteiger partial charge in [0.25, 0.3) is 0 Å². The normalized spacial score (nSPS) is 35.9. The van der Waals surface area contributed by atoms with Crippen LogP contribution in [0.5, 0.6) is 0 Å². The van der Waals surface area contributed by atoms with Crippen LogP contribution in [0.15, 0.2) is 12.4 Å². The lowest BCUT2D eigenvalue weighted by Gasteiger charge is -2.28. The summed E-state index contributed by atoms with van der Waals surface area (Å²) in [6.45, 7) is 0.300. The molecule has 0 spiro atoms. The van der Waals surface area contributed by atoms with Crippen molar-refractivity contribution in [3.8, 4) is 0 Å². The van der Waals surface area contributed by atoms with Gasteiger partial charge in [-0.3, -0.25) is 14.9 Å². The number of rotatable bonds is 5. The maximum atomic E-state index is 11.6. The number of H-pyrrole nitrogens is 1. The topological polar surface area (TPSA) is 115 Å². The first-order valence-corrected chi connectivity index (χ1v) is 6.26. The average Bonchev–Trinajstić information content (AvgIpc) is 2.75. The fraction of sp³-hybridized carbons (Fsp3) is 0.583. The number of carbonyl (C=O) groups is 2. The van der Waals surface area contributed by atoms with E-state index >= 15 is 0 Å². The van der Waals surface area contributed by atoms with Gasteiger partial charge in [-0.15, -0.1) is 0 Å². The first kappa shape index (κ1) is 12.2. The van der Waals surface area contributed by atoms with Crippen molar-refractivity contribution >= 4 is 11.9 Å². The van der Waals surface area contributed by atoms with Crippen molar-refractivity contribution in [1.82, 2.24) is 15.3 Å². The Morgan fingerprint density at radius 1 is 1.53 bits per heavy atom. The summed E-state index contributed by atoms with van der Waals surface area (Å²) in [5.41, 5.74) is -1.12. The Morgan fingerprint density at radius 3 is 2.84 bits per heavy atom. The van der Waals surface area contributed by atoms with Crippen LogP contribution in [-0.4, -0.2) is 37.7 Å². The summed E-state index contributed by atoms with van der Waals surface area (Å²) in [4.78, 5) is 29.6. The molecule has 0 saturated heterocycles. The number of carboxylic acids is 2.